The molecule has 1 fully saturated rings. The largest absolute Gasteiger partial charge is 0.396 e. The quantitative estimate of drug-likeness (QED) is 0.617. The van der Waals surface area contributed by atoms with Crippen LogP contribution in [0.4, 0.5) is 0 Å². The zero-order valence-electron chi connectivity index (χ0n) is 14.3. The lowest BCUT2D eigenvalue weighted by atomic mass is 9.74. The van der Waals surface area contributed by atoms with Crippen molar-refractivity contribution in [2.24, 2.45) is 0 Å². The van der Waals surface area contributed by atoms with Crippen molar-refractivity contribution in [3.05, 3.63) is 33.8 Å². The zero-order valence-corrected chi connectivity index (χ0v) is 15.9. The van der Waals surface area contributed by atoms with Crippen LogP contribution in [0.15, 0.2) is 18.2 Å². The van der Waals surface area contributed by atoms with Crippen LogP contribution in [0.2, 0.25) is 10.0 Å². The van der Waals surface area contributed by atoms with Gasteiger partial charge in [-0.2, -0.15) is 5.26 Å². The Morgan fingerprint density at radius 2 is 2.04 bits per heavy atom. The van der Waals surface area contributed by atoms with Crippen LogP contribution >= 0.6 is 23.2 Å². The van der Waals surface area contributed by atoms with Crippen molar-refractivity contribution in [2.75, 3.05) is 19.8 Å². The Hall–Kier alpha value is -0.830. The van der Waals surface area contributed by atoms with Crippen molar-refractivity contribution < 1.29 is 14.6 Å². The summed E-state index contributed by atoms with van der Waals surface area (Å²) in [6, 6.07) is 7.78. The summed E-state index contributed by atoms with van der Waals surface area (Å²) in [7, 11) is 0. The Bertz CT molecular complexity index is 585. The van der Waals surface area contributed by atoms with Gasteiger partial charge >= 0.3 is 0 Å². The monoisotopic (exact) mass is 385 g/mol. The number of nitriles is 1. The Morgan fingerprint density at radius 1 is 1.24 bits per heavy atom. The molecule has 2 unspecified atom stereocenters. The van der Waals surface area contributed by atoms with Crippen LogP contribution in [-0.4, -0.2) is 31.2 Å². The molecule has 1 aliphatic rings. The normalized spacial score (nSPS) is 20.0. The SMILES string of the molecule is N#CC(CCCO)(CCCOC1CCCCO1)c1ccc(Cl)c(Cl)c1. The predicted molar refractivity (Wildman–Crippen MR) is 98.8 cm³/mol. The van der Waals surface area contributed by atoms with E-state index in [0.29, 0.717) is 35.9 Å². The van der Waals surface area contributed by atoms with Gasteiger partial charge in [-0.1, -0.05) is 29.3 Å². The molecule has 1 saturated heterocycles. The third kappa shape index (κ3) is 5.84. The van der Waals surface area contributed by atoms with E-state index in [4.69, 9.17) is 32.7 Å². The molecule has 138 valence electrons. The summed E-state index contributed by atoms with van der Waals surface area (Å²) in [5, 5.41) is 20.0. The lowest BCUT2D eigenvalue weighted by molar-refractivity contribution is -0.163. The number of hydrogen-bond donors (Lipinski definition) is 1. The number of aliphatic hydroxyl groups excluding tert-OH is 1. The second-order valence-corrected chi connectivity index (χ2v) is 7.23. The molecule has 1 heterocycles. The van der Waals surface area contributed by atoms with E-state index in [0.717, 1.165) is 37.9 Å². The molecule has 0 aliphatic carbocycles. The molecule has 2 atom stereocenters. The van der Waals surface area contributed by atoms with Gasteiger partial charge in [0.2, 0.25) is 0 Å². The van der Waals surface area contributed by atoms with Gasteiger partial charge in [-0.25, -0.2) is 0 Å². The van der Waals surface area contributed by atoms with Crippen LogP contribution in [0.3, 0.4) is 0 Å². The minimum atomic E-state index is -0.701. The van der Waals surface area contributed by atoms with E-state index in [-0.39, 0.29) is 12.9 Å². The fourth-order valence-corrected chi connectivity index (χ4v) is 3.49. The highest BCUT2D eigenvalue weighted by Gasteiger charge is 2.32. The van der Waals surface area contributed by atoms with Crippen LogP contribution in [0, 0.1) is 11.3 Å². The molecule has 1 aliphatic heterocycles. The van der Waals surface area contributed by atoms with Crippen LogP contribution < -0.4 is 0 Å². The van der Waals surface area contributed by atoms with E-state index in [1.54, 1.807) is 12.1 Å². The van der Waals surface area contributed by atoms with E-state index in [1.165, 1.54) is 0 Å². The maximum Gasteiger partial charge on any atom is 0.157 e. The number of rotatable bonds is 9. The van der Waals surface area contributed by atoms with Crippen molar-refractivity contribution >= 4 is 23.2 Å². The maximum absolute atomic E-state index is 9.89. The molecule has 1 aromatic rings. The van der Waals surface area contributed by atoms with E-state index >= 15 is 0 Å². The third-order valence-corrected chi connectivity index (χ3v) is 5.38. The van der Waals surface area contributed by atoms with E-state index < -0.39 is 5.41 Å². The van der Waals surface area contributed by atoms with Gasteiger partial charge in [0, 0.05) is 19.8 Å². The van der Waals surface area contributed by atoms with Gasteiger partial charge < -0.3 is 14.6 Å². The topological polar surface area (TPSA) is 62.5 Å². The Kier molecular flexibility index (Phi) is 8.48. The fourth-order valence-electron chi connectivity index (χ4n) is 3.20. The number of aliphatic hydroxyl groups is 1. The number of hydrogen-bond acceptors (Lipinski definition) is 4. The third-order valence-electron chi connectivity index (χ3n) is 4.64. The van der Waals surface area contributed by atoms with Crippen molar-refractivity contribution in [3.63, 3.8) is 0 Å². The predicted octanol–water partition coefficient (Wildman–Crippen LogP) is 4.85. The van der Waals surface area contributed by atoms with Gasteiger partial charge in [-0.3, -0.25) is 0 Å². The first-order valence-electron chi connectivity index (χ1n) is 8.82. The summed E-state index contributed by atoms with van der Waals surface area (Å²) in [5.41, 5.74) is 0.139. The molecule has 0 radical (unpaired) electrons. The molecule has 0 aromatic heterocycles. The number of halogens is 2. The Morgan fingerprint density at radius 3 is 2.68 bits per heavy atom. The summed E-state index contributed by atoms with van der Waals surface area (Å²) in [5.74, 6) is 0. The average molecular weight is 386 g/mol. The highest BCUT2D eigenvalue weighted by molar-refractivity contribution is 6.42. The molecule has 1 aromatic carbocycles. The van der Waals surface area contributed by atoms with E-state index in [1.807, 2.05) is 6.07 Å². The molecule has 6 heteroatoms. The molecular formula is C19H25Cl2NO3. The van der Waals surface area contributed by atoms with Crippen molar-refractivity contribution in [2.45, 2.75) is 56.7 Å². The Balaban J connectivity index is 2.01. The van der Waals surface area contributed by atoms with Crippen LogP contribution in [-0.2, 0) is 14.9 Å². The second kappa shape index (κ2) is 10.4. The summed E-state index contributed by atoms with van der Waals surface area (Å²) in [4.78, 5) is 0. The second-order valence-electron chi connectivity index (χ2n) is 6.42. The summed E-state index contributed by atoms with van der Waals surface area (Å²) >= 11 is 12.1. The van der Waals surface area contributed by atoms with Crippen molar-refractivity contribution in [1.82, 2.24) is 0 Å². The van der Waals surface area contributed by atoms with Gasteiger partial charge in [-0.15, -0.1) is 0 Å². The van der Waals surface area contributed by atoms with Crippen LogP contribution in [0.25, 0.3) is 0 Å². The number of benzene rings is 1. The Labute approximate surface area is 159 Å². The summed E-state index contributed by atoms with van der Waals surface area (Å²) < 4.78 is 11.3. The number of nitrogens with zero attached hydrogens (tertiary/aromatic N) is 1. The molecule has 0 spiro atoms. The summed E-state index contributed by atoms with van der Waals surface area (Å²) in [6.07, 6.45) is 5.53. The van der Waals surface area contributed by atoms with Gasteiger partial charge in [0.05, 0.1) is 21.5 Å². The standard InChI is InChI=1S/C19H25Cl2NO3/c20-16-7-6-15(13-17(16)21)19(14-22,8-3-10-23)9-4-12-25-18-5-1-2-11-24-18/h6-7,13,18,23H,1-5,8-12H2. The van der Waals surface area contributed by atoms with E-state index in [9.17, 15) is 10.4 Å². The minimum Gasteiger partial charge on any atom is -0.396 e. The van der Waals surface area contributed by atoms with Crippen molar-refractivity contribution in [3.8, 4) is 6.07 Å². The van der Waals surface area contributed by atoms with Gasteiger partial charge in [0.25, 0.3) is 0 Å². The van der Waals surface area contributed by atoms with Crippen LogP contribution in [0.5, 0.6) is 0 Å². The minimum absolute atomic E-state index is 0.0527. The fraction of sp³-hybridized carbons (Fsp3) is 0.632. The lowest BCUT2D eigenvalue weighted by Crippen LogP contribution is -2.27. The molecule has 0 amide bonds. The highest BCUT2D eigenvalue weighted by atomic mass is 35.5. The van der Waals surface area contributed by atoms with Gasteiger partial charge in [-0.05, 0) is 62.6 Å². The van der Waals surface area contributed by atoms with E-state index in [2.05, 4.69) is 6.07 Å². The molecule has 0 saturated carbocycles. The highest BCUT2D eigenvalue weighted by Crippen LogP contribution is 2.37. The summed E-state index contributed by atoms with van der Waals surface area (Å²) in [6.45, 7) is 1.36. The first-order chi connectivity index (χ1) is 12.1. The smallest absolute Gasteiger partial charge is 0.157 e. The molecule has 4 nitrogen and oxygen atoms in total. The van der Waals surface area contributed by atoms with Gasteiger partial charge in [0.15, 0.2) is 6.29 Å². The number of ether oxygens (including phenoxy) is 2. The van der Waals surface area contributed by atoms with Crippen LogP contribution in [0.1, 0.15) is 50.5 Å². The first kappa shape index (κ1) is 20.5. The average Bonchev–Trinajstić information content (AvgIpc) is 2.65. The molecule has 1 N–H and O–H groups in total. The van der Waals surface area contributed by atoms with Gasteiger partial charge in [0.1, 0.15) is 0 Å². The first-order valence-corrected chi connectivity index (χ1v) is 9.58. The lowest BCUT2D eigenvalue weighted by Gasteiger charge is -2.28. The maximum atomic E-state index is 9.89. The molecule has 2 rings (SSSR count). The molecule has 25 heavy (non-hydrogen) atoms. The van der Waals surface area contributed by atoms with Crippen molar-refractivity contribution in [1.29, 1.82) is 5.26 Å². The molecule has 0 bridgehead atoms. The molecular weight excluding hydrogens is 361 g/mol. The zero-order chi connectivity index (χ0) is 18.1.